The molecule has 1 aliphatic rings. The molecule has 0 radical (unpaired) electrons. The highest BCUT2D eigenvalue weighted by Gasteiger charge is 2.25. The van der Waals surface area contributed by atoms with E-state index in [2.05, 4.69) is 26.8 Å². The molecule has 0 heterocycles. The van der Waals surface area contributed by atoms with E-state index in [-0.39, 0.29) is 0 Å². The average molecular weight is 233 g/mol. The van der Waals surface area contributed by atoms with E-state index < -0.39 is 0 Å². The van der Waals surface area contributed by atoms with Crippen LogP contribution in [0.4, 0.5) is 5.69 Å². The van der Waals surface area contributed by atoms with Crippen molar-refractivity contribution in [3.63, 3.8) is 0 Å². The van der Waals surface area contributed by atoms with Crippen molar-refractivity contribution in [2.75, 3.05) is 5.73 Å². The summed E-state index contributed by atoms with van der Waals surface area (Å²) < 4.78 is 6.06. The van der Waals surface area contributed by atoms with Gasteiger partial charge in [0.05, 0.1) is 6.10 Å². The third kappa shape index (κ3) is 3.15. The van der Waals surface area contributed by atoms with Crippen molar-refractivity contribution < 1.29 is 4.74 Å². The van der Waals surface area contributed by atoms with E-state index >= 15 is 0 Å². The van der Waals surface area contributed by atoms with Crippen LogP contribution in [0.3, 0.4) is 0 Å². The van der Waals surface area contributed by atoms with Crippen molar-refractivity contribution in [1.29, 1.82) is 0 Å². The molecule has 94 valence electrons. The van der Waals surface area contributed by atoms with Gasteiger partial charge in [-0.05, 0) is 55.7 Å². The molecule has 1 aromatic rings. The lowest BCUT2D eigenvalue weighted by Crippen LogP contribution is -2.28. The average Bonchev–Trinajstić information content (AvgIpc) is 2.22. The summed E-state index contributed by atoms with van der Waals surface area (Å²) in [6.45, 7) is 6.71. The summed E-state index contributed by atoms with van der Waals surface area (Å²) in [4.78, 5) is 0. The highest BCUT2D eigenvalue weighted by atomic mass is 16.5. The van der Waals surface area contributed by atoms with Gasteiger partial charge in [-0.1, -0.05) is 13.8 Å². The molecule has 2 N–H and O–H groups in total. The lowest BCUT2D eigenvalue weighted by Gasteiger charge is -2.32. The number of rotatable bonds is 2. The van der Waals surface area contributed by atoms with Crippen LogP contribution in [0, 0.1) is 18.8 Å². The normalized spacial score (nSPS) is 29.0. The summed E-state index contributed by atoms with van der Waals surface area (Å²) in [5.41, 5.74) is 7.79. The zero-order valence-electron chi connectivity index (χ0n) is 11.1. The standard InChI is InChI=1S/C15H23NO/c1-10-6-13(16)9-15(7-10)17-14-5-4-11(2)12(3)8-14/h6-7,9,11-12,14H,4-5,8,16H2,1-3H3. The molecule has 3 atom stereocenters. The van der Waals surface area contributed by atoms with Crippen LogP contribution < -0.4 is 10.5 Å². The first-order chi connectivity index (χ1) is 8.04. The highest BCUT2D eigenvalue weighted by Crippen LogP contribution is 2.32. The van der Waals surface area contributed by atoms with Gasteiger partial charge in [0.2, 0.25) is 0 Å². The van der Waals surface area contributed by atoms with Crippen LogP contribution in [0.5, 0.6) is 5.75 Å². The molecule has 0 bridgehead atoms. The molecular weight excluding hydrogens is 210 g/mol. The molecule has 1 aromatic carbocycles. The predicted octanol–water partition coefficient (Wildman–Crippen LogP) is 3.78. The Labute approximate surface area is 104 Å². The van der Waals surface area contributed by atoms with E-state index in [4.69, 9.17) is 10.5 Å². The molecule has 1 saturated carbocycles. The van der Waals surface area contributed by atoms with Crippen LogP contribution in [0.25, 0.3) is 0 Å². The minimum absolute atomic E-state index is 0.363. The number of hydrogen-bond acceptors (Lipinski definition) is 2. The summed E-state index contributed by atoms with van der Waals surface area (Å²) in [6.07, 6.45) is 3.96. The molecule has 1 aliphatic carbocycles. The predicted molar refractivity (Wildman–Crippen MR) is 72.2 cm³/mol. The summed E-state index contributed by atoms with van der Waals surface area (Å²) in [6, 6.07) is 5.97. The number of aryl methyl sites for hydroxylation is 1. The van der Waals surface area contributed by atoms with Gasteiger partial charge >= 0.3 is 0 Å². The molecule has 2 rings (SSSR count). The maximum atomic E-state index is 6.06. The number of ether oxygens (including phenoxy) is 1. The summed E-state index contributed by atoms with van der Waals surface area (Å²) in [7, 11) is 0. The van der Waals surface area contributed by atoms with Crippen molar-refractivity contribution in [2.45, 2.75) is 46.1 Å². The largest absolute Gasteiger partial charge is 0.490 e. The molecule has 0 aliphatic heterocycles. The second-order valence-corrected chi connectivity index (χ2v) is 5.59. The smallest absolute Gasteiger partial charge is 0.122 e. The topological polar surface area (TPSA) is 35.2 Å². The Balaban J connectivity index is 2.01. The molecule has 1 fully saturated rings. The Kier molecular flexibility index (Phi) is 3.60. The number of nitrogens with two attached hydrogens (primary N) is 1. The van der Waals surface area contributed by atoms with Gasteiger partial charge in [0, 0.05) is 11.8 Å². The number of nitrogen functional groups attached to an aromatic ring is 1. The molecule has 0 saturated heterocycles. The molecular formula is C15H23NO. The van der Waals surface area contributed by atoms with Crippen molar-refractivity contribution in [3.05, 3.63) is 23.8 Å². The van der Waals surface area contributed by atoms with E-state index in [1.54, 1.807) is 0 Å². The second kappa shape index (κ2) is 4.99. The van der Waals surface area contributed by atoms with E-state index in [9.17, 15) is 0 Å². The van der Waals surface area contributed by atoms with Crippen molar-refractivity contribution in [2.24, 2.45) is 11.8 Å². The Bertz CT molecular complexity index is 368. The summed E-state index contributed by atoms with van der Waals surface area (Å²) in [5, 5.41) is 0. The van der Waals surface area contributed by atoms with Gasteiger partial charge in [-0.25, -0.2) is 0 Å². The summed E-state index contributed by atoms with van der Waals surface area (Å²) in [5.74, 6) is 2.52. The van der Waals surface area contributed by atoms with Crippen molar-refractivity contribution >= 4 is 5.69 Å². The molecule has 0 aromatic heterocycles. The molecule has 3 unspecified atom stereocenters. The Hall–Kier alpha value is -1.18. The van der Waals surface area contributed by atoms with Gasteiger partial charge in [0.1, 0.15) is 5.75 Å². The minimum atomic E-state index is 0.363. The molecule has 0 spiro atoms. The lowest BCUT2D eigenvalue weighted by atomic mass is 9.80. The molecule has 2 heteroatoms. The maximum Gasteiger partial charge on any atom is 0.122 e. The number of anilines is 1. The van der Waals surface area contributed by atoms with Gasteiger partial charge in [0.15, 0.2) is 0 Å². The third-order valence-corrected chi connectivity index (χ3v) is 3.93. The van der Waals surface area contributed by atoms with Crippen LogP contribution in [0.1, 0.15) is 38.7 Å². The van der Waals surface area contributed by atoms with Gasteiger partial charge in [-0.3, -0.25) is 0 Å². The van der Waals surface area contributed by atoms with Gasteiger partial charge in [0.25, 0.3) is 0 Å². The third-order valence-electron chi connectivity index (χ3n) is 3.93. The Morgan fingerprint density at radius 3 is 2.53 bits per heavy atom. The number of hydrogen-bond donors (Lipinski definition) is 1. The van der Waals surface area contributed by atoms with Crippen LogP contribution in [-0.2, 0) is 0 Å². The van der Waals surface area contributed by atoms with Crippen LogP contribution >= 0.6 is 0 Å². The van der Waals surface area contributed by atoms with Gasteiger partial charge in [-0.2, -0.15) is 0 Å². The van der Waals surface area contributed by atoms with E-state index in [0.29, 0.717) is 6.10 Å². The van der Waals surface area contributed by atoms with Crippen LogP contribution in [0.2, 0.25) is 0 Å². The number of benzene rings is 1. The lowest BCUT2D eigenvalue weighted by molar-refractivity contribution is 0.101. The van der Waals surface area contributed by atoms with Crippen molar-refractivity contribution in [3.8, 4) is 5.75 Å². The van der Waals surface area contributed by atoms with E-state index in [1.807, 2.05) is 12.1 Å². The fourth-order valence-electron chi connectivity index (χ4n) is 2.64. The minimum Gasteiger partial charge on any atom is -0.490 e. The van der Waals surface area contributed by atoms with Crippen LogP contribution in [0.15, 0.2) is 18.2 Å². The Morgan fingerprint density at radius 2 is 1.88 bits per heavy atom. The molecule has 2 nitrogen and oxygen atoms in total. The second-order valence-electron chi connectivity index (χ2n) is 5.59. The van der Waals surface area contributed by atoms with E-state index in [1.165, 1.54) is 12.8 Å². The highest BCUT2D eigenvalue weighted by molar-refractivity contribution is 5.47. The summed E-state index contributed by atoms with van der Waals surface area (Å²) >= 11 is 0. The fraction of sp³-hybridized carbons (Fsp3) is 0.600. The van der Waals surface area contributed by atoms with Crippen molar-refractivity contribution in [1.82, 2.24) is 0 Å². The van der Waals surface area contributed by atoms with Gasteiger partial charge in [-0.15, -0.1) is 0 Å². The zero-order chi connectivity index (χ0) is 12.4. The SMILES string of the molecule is Cc1cc(N)cc(OC2CCC(C)C(C)C2)c1. The van der Waals surface area contributed by atoms with Crippen LogP contribution in [-0.4, -0.2) is 6.10 Å². The van der Waals surface area contributed by atoms with E-state index in [0.717, 1.165) is 35.3 Å². The molecule has 0 amide bonds. The first-order valence-corrected chi connectivity index (χ1v) is 6.58. The maximum absolute atomic E-state index is 6.06. The fourth-order valence-corrected chi connectivity index (χ4v) is 2.64. The molecule has 17 heavy (non-hydrogen) atoms. The first-order valence-electron chi connectivity index (χ1n) is 6.58. The first kappa shape index (κ1) is 12.3. The zero-order valence-corrected chi connectivity index (χ0v) is 11.1. The van der Waals surface area contributed by atoms with Gasteiger partial charge < -0.3 is 10.5 Å². The quantitative estimate of drug-likeness (QED) is 0.789. The monoisotopic (exact) mass is 233 g/mol. The Morgan fingerprint density at radius 1 is 1.12 bits per heavy atom.